The number of halogens is 1. The molecule has 0 saturated carbocycles. The van der Waals surface area contributed by atoms with Gasteiger partial charge in [0.25, 0.3) is 5.91 Å². The SMILES string of the molecule is Cc1ccc(C(=O)N2CC3(CCC(CN4CCOCC4)CO3)C2)cc1F. The first-order chi connectivity index (χ1) is 12.5. The number of rotatable bonds is 3. The van der Waals surface area contributed by atoms with Crippen molar-refractivity contribution in [1.29, 1.82) is 0 Å². The van der Waals surface area contributed by atoms with Crippen molar-refractivity contribution < 1.29 is 18.7 Å². The summed E-state index contributed by atoms with van der Waals surface area (Å²) in [6.07, 6.45) is 2.13. The van der Waals surface area contributed by atoms with Crippen molar-refractivity contribution in [2.75, 3.05) is 52.5 Å². The molecule has 1 unspecified atom stereocenters. The first-order valence-corrected chi connectivity index (χ1v) is 9.54. The lowest BCUT2D eigenvalue weighted by atomic mass is 9.82. The summed E-state index contributed by atoms with van der Waals surface area (Å²) < 4.78 is 25.3. The van der Waals surface area contributed by atoms with E-state index in [1.54, 1.807) is 24.0 Å². The molecule has 0 N–H and O–H groups in total. The van der Waals surface area contributed by atoms with Crippen LogP contribution in [0.25, 0.3) is 0 Å². The Balaban J connectivity index is 1.26. The number of aryl methyl sites for hydroxylation is 1. The molecule has 1 amide bonds. The van der Waals surface area contributed by atoms with E-state index in [2.05, 4.69) is 4.90 Å². The molecule has 3 saturated heterocycles. The first kappa shape index (κ1) is 17.9. The quantitative estimate of drug-likeness (QED) is 0.826. The number of likely N-dealkylation sites (tertiary alicyclic amines) is 1. The topological polar surface area (TPSA) is 42.0 Å². The van der Waals surface area contributed by atoms with Crippen LogP contribution in [0, 0.1) is 18.7 Å². The van der Waals surface area contributed by atoms with Gasteiger partial charge in [-0.1, -0.05) is 6.07 Å². The third-order valence-electron chi connectivity index (χ3n) is 5.92. The molecular weight excluding hydrogens is 335 g/mol. The number of hydrogen-bond acceptors (Lipinski definition) is 4. The summed E-state index contributed by atoms with van der Waals surface area (Å²) in [6.45, 7) is 8.45. The second-order valence-corrected chi connectivity index (χ2v) is 7.94. The van der Waals surface area contributed by atoms with Gasteiger partial charge in [0.1, 0.15) is 11.4 Å². The fraction of sp³-hybridized carbons (Fsp3) is 0.650. The molecule has 4 rings (SSSR count). The summed E-state index contributed by atoms with van der Waals surface area (Å²) in [5.41, 5.74) is 0.799. The molecule has 3 fully saturated rings. The number of amides is 1. The summed E-state index contributed by atoms with van der Waals surface area (Å²) in [5, 5.41) is 0. The molecule has 1 aromatic carbocycles. The number of benzene rings is 1. The predicted octanol–water partition coefficient (Wildman–Crippen LogP) is 2.09. The Morgan fingerprint density at radius 2 is 2.08 bits per heavy atom. The maximum atomic E-state index is 13.7. The van der Waals surface area contributed by atoms with Crippen LogP contribution < -0.4 is 0 Å². The summed E-state index contributed by atoms with van der Waals surface area (Å²) in [7, 11) is 0. The molecule has 3 aliphatic rings. The molecule has 1 atom stereocenters. The molecule has 0 aromatic heterocycles. The highest BCUT2D eigenvalue weighted by molar-refractivity contribution is 5.95. The third-order valence-corrected chi connectivity index (χ3v) is 5.92. The maximum Gasteiger partial charge on any atom is 0.254 e. The van der Waals surface area contributed by atoms with Crippen LogP contribution in [0.5, 0.6) is 0 Å². The lowest BCUT2D eigenvalue weighted by molar-refractivity contribution is -0.169. The van der Waals surface area contributed by atoms with Crippen molar-refractivity contribution in [1.82, 2.24) is 9.80 Å². The Labute approximate surface area is 154 Å². The van der Waals surface area contributed by atoms with Gasteiger partial charge in [-0.2, -0.15) is 0 Å². The van der Waals surface area contributed by atoms with Crippen LogP contribution in [0.4, 0.5) is 4.39 Å². The van der Waals surface area contributed by atoms with E-state index < -0.39 is 0 Å². The average molecular weight is 362 g/mol. The van der Waals surface area contributed by atoms with Crippen LogP contribution in [0.1, 0.15) is 28.8 Å². The first-order valence-electron chi connectivity index (χ1n) is 9.54. The van der Waals surface area contributed by atoms with Gasteiger partial charge in [0.05, 0.1) is 32.9 Å². The van der Waals surface area contributed by atoms with E-state index in [1.165, 1.54) is 6.07 Å². The van der Waals surface area contributed by atoms with Crippen molar-refractivity contribution in [3.63, 3.8) is 0 Å². The Kier molecular flexibility index (Phi) is 4.99. The van der Waals surface area contributed by atoms with Crippen LogP contribution >= 0.6 is 0 Å². The zero-order valence-corrected chi connectivity index (χ0v) is 15.4. The standard InChI is InChI=1S/C20H27FN2O3/c1-15-2-3-17(10-18(15)21)19(24)23-13-20(14-23)5-4-16(12-26-20)11-22-6-8-25-9-7-22/h2-3,10,16H,4-9,11-14H2,1H3. The van der Waals surface area contributed by atoms with Crippen molar-refractivity contribution in [3.8, 4) is 0 Å². The van der Waals surface area contributed by atoms with Crippen molar-refractivity contribution in [2.24, 2.45) is 5.92 Å². The molecule has 0 bridgehead atoms. The molecule has 1 spiro atoms. The van der Waals surface area contributed by atoms with E-state index in [-0.39, 0.29) is 17.3 Å². The fourth-order valence-corrected chi connectivity index (χ4v) is 4.16. The van der Waals surface area contributed by atoms with E-state index in [1.807, 2.05) is 0 Å². The van der Waals surface area contributed by atoms with E-state index in [0.717, 1.165) is 52.3 Å². The van der Waals surface area contributed by atoms with Gasteiger partial charge < -0.3 is 14.4 Å². The van der Waals surface area contributed by atoms with Gasteiger partial charge in [-0.05, 0) is 43.4 Å². The average Bonchev–Trinajstić information content (AvgIpc) is 2.63. The summed E-state index contributed by atoms with van der Waals surface area (Å²) in [6, 6.07) is 4.69. The lowest BCUT2D eigenvalue weighted by Gasteiger charge is -2.53. The van der Waals surface area contributed by atoms with Crippen LogP contribution in [0.3, 0.4) is 0 Å². The Morgan fingerprint density at radius 1 is 1.31 bits per heavy atom. The fourth-order valence-electron chi connectivity index (χ4n) is 4.16. The van der Waals surface area contributed by atoms with Gasteiger partial charge in [-0.25, -0.2) is 4.39 Å². The minimum atomic E-state index is -0.328. The Bertz CT molecular complexity index is 659. The van der Waals surface area contributed by atoms with Gasteiger partial charge in [0, 0.05) is 25.2 Å². The van der Waals surface area contributed by atoms with Gasteiger partial charge in [0.15, 0.2) is 0 Å². The second kappa shape index (κ2) is 7.25. The van der Waals surface area contributed by atoms with Crippen molar-refractivity contribution >= 4 is 5.91 Å². The number of nitrogens with zero attached hydrogens (tertiary/aromatic N) is 2. The molecule has 1 aromatic rings. The van der Waals surface area contributed by atoms with Crippen LogP contribution in [0.2, 0.25) is 0 Å². The number of carbonyl (C=O) groups excluding carboxylic acids is 1. The largest absolute Gasteiger partial charge is 0.379 e. The van der Waals surface area contributed by atoms with Crippen molar-refractivity contribution in [3.05, 3.63) is 35.1 Å². The Morgan fingerprint density at radius 3 is 2.73 bits per heavy atom. The third kappa shape index (κ3) is 3.63. The van der Waals surface area contributed by atoms with Crippen molar-refractivity contribution in [2.45, 2.75) is 25.4 Å². The number of hydrogen-bond donors (Lipinski definition) is 0. The molecule has 26 heavy (non-hydrogen) atoms. The zero-order chi connectivity index (χ0) is 18.1. The Hall–Kier alpha value is -1.50. The van der Waals surface area contributed by atoms with Gasteiger partial charge in [-0.15, -0.1) is 0 Å². The van der Waals surface area contributed by atoms with E-state index in [0.29, 0.717) is 30.1 Å². The highest BCUT2D eigenvalue weighted by Gasteiger charge is 2.48. The minimum absolute atomic E-state index is 0.103. The molecule has 0 aliphatic carbocycles. The molecule has 6 heteroatoms. The molecule has 142 valence electrons. The molecule has 3 aliphatic heterocycles. The zero-order valence-electron chi connectivity index (χ0n) is 15.4. The normalized spacial score (nSPS) is 25.9. The van der Waals surface area contributed by atoms with Crippen LogP contribution in [-0.4, -0.2) is 73.9 Å². The number of ether oxygens (including phenoxy) is 2. The van der Waals surface area contributed by atoms with Gasteiger partial charge in [-0.3, -0.25) is 9.69 Å². The highest BCUT2D eigenvalue weighted by atomic mass is 19.1. The summed E-state index contributed by atoms with van der Waals surface area (Å²) in [5.74, 6) is 0.134. The summed E-state index contributed by atoms with van der Waals surface area (Å²) >= 11 is 0. The highest BCUT2D eigenvalue weighted by Crippen LogP contribution is 2.37. The van der Waals surface area contributed by atoms with E-state index in [9.17, 15) is 9.18 Å². The van der Waals surface area contributed by atoms with Crippen LogP contribution in [-0.2, 0) is 9.47 Å². The molecule has 3 heterocycles. The van der Waals surface area contributed by atoms with E-state index >= 15 is 0 Å². The predicted molar refractivity (Wildman–Crippen MR) is 95.7 cm³/mol. The molecule has 0 radical (unpaired) electrons. The molecule has 5 nitrogen and oxygen atoms in total. The molecular formula is C20H27FN2O3. The monoisotopic (exact) mass is 362 g/mol. The van der Waals surface area contributed by atoms with Crippen LogP contribution in [0.15, 0.2) is 18.2 Å². The smallest absolute Gasteiger partial charge is 0.254 e. The second-order valence-electron chi connectivity index (χ2n) is 7.94. The number of carbonyl (C=O) groups is 1. The van der Waals surface area contributed by atoms with E-state index in [4.69, 9.17) is 9.47 Å². The minimum Gasteiger partial charge on any atom is -0.379 e. The maximum absolute atomic E-state index is 13.7. The lowest BCUT2D eigenvalue weighted by Crippen LogP contribution is -2.66. The van der Waals surface area contributed by atoms with Gasteiger partial charge in [0.2, 0.25) is 0 Å². The summed E-state index contributed by atoms with van der Waals surface area (Å²) in [4.78, 5) is 16.8. The van der Waals surface area contributed by atoms with Gasteiger partial charge >= 0.3 is 0 Å². The number of morpholine rings is 1.